The second kappa shape index (κ2) is 7.40. The third kappa shape index (κ3) is 7.74. The number of nitrogens with one attached hydrogen (secondary N) is 2. The molecular formula is C12H15F3N2OS. The molecule has 0 aliphatic heterocycles. The molecular weight excluding hydrogens is 277 g/mol. The van der Waals surface area contributed by atoms with Crippen LogP contribution in [0.2, 0.25) is 0 Å². The van der Waals surface area contributed by atoms with Crippen LogP contribution < -0.4 is 10.6 Å². The first-order valence-electron chi connectivity index (χ1n) is 5.65. The molecule has 0 bridgehead atoms. The molecule has 0 fully saturated rings. The molecule has 0 aliphatic rings. The van der Waals surface area contributed by atoms with Crippen molar-refractivity contribution >= 4 is 23.4 Å². The van der Waals surface area contributed by atoms with Gasteiger partial charge in [-0.25, -0.2) is 0 Å². The second-order valence-corrected chi connectivity index (χ2v) is 5.05. The molecule has 0 saturated heterocycles. The van der Waals surface area contributed by atoms with E-state index in [-0.39, 0.29) is 36.5 Å². The number of benzene rings is 1. The van der Waals surface area contributed by atoms with Crippen LogP contribution in [0, 0.1) is 6.92 Å². The minimum Gasteiger partial charge on any atom is -0.325 e. The number of carbonyl (C=O) groups is 1. The van der Waals surface area contributed by atoms with Crippen LogP contribution in [0.5, 0.6) is 0 Å². The number of alkyl halides is 3. The molecule has 0 aliphatic carbocycles. The van der Waals surface area contributed by atoms with Gasteiger partial charge in [0.25, 0.3) is 0 Å². The standard InChI is InChI=1S/C12H15F3N2OS/c1-9-2-4-10(5-3-9)17-11(18)8-16-6-7-19-12(13,14)15/h2-5,16H,6-8H2,1H3,(H,17,18). The maximum atomic E-state index is 11.8. The summed E-state index contributed by atoms with van der Waals surface area (Å²) < 4.78 is 35.5. The van der Waals surface area contributed by atoms with E-state index in [0.29, 0.717) is 5.69 Å². The van der Waals surface area contributed by atoms with E-state index in [1.807, 2.05) is 19.1 Å². The third-order valence-electron chi connectivity index (χ3n) is 2.17. The predicted octanol–water partition coefficient (Wildman–Crippen LogP) is 2.78. The van der Waals surface area contributed by atoms with Crippen molar-refractivity contribution in [2.45, 2.75) is 12.4 Å². The minimum absolute atomic E-state index is 0.00765. The summed E-state index contributed by atoms with van der Waals surface area (Å²) in [4.78, 5) is 11.5. The Morgan fingerprint density at radius 2 is 1.89 bits per heavy atom. The van der Waals surface area contributed by atoms with E-state index in [2.05, 4.69) is 10.6 Å². The molecule has 0 atom stereocenters. The number of hydrogen-bond acceptors (Lipinski definition) is 3. The van der Waals surface area contributed by atoms with E-state index in [0.717, 1.165) is 5.56 Å². The molecule has 19 heavy (non-hydrogen) atoms. The summed E-state index contributed by atoms with van der Waals surface area (Å²) >= 11 is -0.103. The van der Waals surface area contributed by atoms with Gasteiger partial charge in [0.05, 0.1) is 6.54 Å². The van der Waals surface area contributed by atoms with Crippen molar-refractivity contribution in [2.24, 2.45) is 0 Å². The Kier molecular flexibility index (Phi) is 6.17. The number of halogens is 3. The Morgan fingerprint density at radius 1 is 1.26 bits per heavy atom. The Hall–Kier alpha value is -1.21. The highest BCUT2D eigenvalue weighted by Gasteiger charge is 2.27. The zero-order valence-corrected chi connectivity index (χ0v) is 11.2. The lowest BCUT2D eigenvalue weighted by atomic mass is 10.2. The van der Waals surface area contributed by atoms with Crippen molar-refractivity contribution in [1.29, 1.82) is 0 Å². The Bertz CT molecular complexity index is 406. The van der Waals surface area contributed by atoms with Gasteiger partial charge in [0.1, 0.15) is 0 Å². The van der Waals surface area contributed by atoms with Crippen molar-refractivity contribution in [2.75, 3.05) is 24.2 Å². The highest BCUT2D eigenvalue weighted by atomic mass is 32.2. The van der Waals surface area contributed by atoms with Crippen LogP contribution >= 0.6 is 11.8 Å². The Balaban J connectivity index is 2.16. The van der Waals surface area contributed by atoms with E-state index in [1.165, 1.54) is 0 Å². The van der Waals surface area contributed by atoms with Crippen LogP contribution in [0.25, 0.3) is 0 Å². The van der Waals surface area contributed by atoms with Gasteiger partial charge < -0.3 is 10.6 Å². The van der Waals surface area contributed by atoms with Crippen LogP contribution in [0.3, 0.4) is 0 Å². The molecule has 1 aromatic rings. The summed E-state index contributed by atoms with van der Waals surface area (Å²) in [5.74, 6) is -0.387. The Morgan fingerprint density at radius 3 is 2.47 bits per heavy atom. The summed E-state index contributed by atoms with van der Waals surface area (Å²) in [5.41, 5.74) is -2.46. The van der Waals surface area contributed by atoms with Crippen LogP contribution in [0.15, 0.2) is 24.3 Å². The molecule has 0 saturated carbocycles. The van der Waals surface area contributed by atoms with Gasteiger partial charge in [0.15, 0.2) is 0 Å². The predicted molar refractivity (Wildman–Crippen MR) is 71.2 cm³/mol. The zero-order valence-electron chi connectivity index (χ0n) is 10.4. The molecule has 1 rings (SSSR count). The number of rotatable bonds is 6. The highest BCUT2D eigenvalue weighted by molar-refractivity contribution is 8.00. The number of thioether (sulfide) groups is 1. The van der Waals surface area contributed by atoms with Gasteiger partial charge in [-0.1, -0.05) is 17.7 Å². The maximum Gasteiger partial charge on any atom is 0.441 e. The van der Waals surface area contributed by atoms with Crippen molar-refractivity contribution in [1.82, 2.24) is 5.32 Å². The van der Waals surface area contributed by atoms with E-state index in [9.17, 15) is 18.0 Å². The third-order valence-corrected chi connectivity index (χ3v) is 2.90. The number of anilines is 1. The summed E-state index contributed by atoms with van der Waals surface area (Å²) in [7, 11) is 0. The van der Waals surface area contributed by atoms with E-state index >= 15 is 0 Å². The largest absolute Gasteiger partial charge is 0.441 e. The topological polar surface area (TPSA) is 41.1 Å². The maximum absolute atomic E-state index is 11.8. The molecule has 0 spiro atoms. The van der Waals surface area contributed by atoms with E-state index < -0.39 is 5.51 Å². The number of amides is 1. The van der Waals surface area contributed by atoms with Crippen molar-refractivity contribution in [3.05, 3.63) is 29.8 Å². The van der Waals surface area contributed by atoms with Gasteiger partial charge in [0, 0.05) is 18.0 Å². The monoisotopic (exact) mass is 292 g/mol. The SMILES string of the molecule is Cc1ccc(NC(=O)CNCCSC(F)(F)F)cc1. The van der Waals surface area contributed by atoms with Gasteiger partial charge in [-0.2, -0.15) is 13.2 Å². The number of aryl methyl sites for hydroxylation is 1. The molecule has 2 N–H and O–H groups in total. The van der Waals surface area contributed by atoms with Crippen LogP contribution in [0.1, 0.15) is 5.56 Å². The minimum atomic E-state index is -4.22. The normalized spacial score (nSPS) is 11.4. The highest BCUT2D eigenvalue weighted by Crippen LogP contribution is 2.29. The molecule has 1 amide bonds. The van der Waals surface area contributed by atoms with E-state index in [1.54, 1.807) is 12.1 Å². The summed E-state index contributed by atoms with van der Waals surface area (Å²) in [6.07, 6.45) is 0. The first-order chi connectivity index (χ1) is 8.87. The molecule has 0 unspecified atom stereocenters. The summed E-state index contributed by atoms with van der Waals surface area (Å²) in [5, 5.41) is 5.30. The quantitative estimate of drug-likeness (QED) is 0.792. The van der Waals surface area contributed by atoms with Crippen LogP contribution in [-0.4, -0.2) is 30.3 Å². The summed E-state index contributed by atoms with van der Waals surface area (Å²) in [6.45, 7) is 2.06. The molecule has 0 aromatic heterocycles. The van der Waals surface area contributed by atoms with Crippen molar-refractivity contribution in [3.63, 3.8) is 0 Å². The van der Waals surface area contributed by atoms with Crippen LogP contribution in [0.4, 0.5) is 18.9 Å². The van der Waals surface area contributed by atoms with Gasteiger partial charge >= 0.3 is 5.51 Å². The molecule has 106 valence electrons. The smallest absolute Gasteiger partial charge is 0.325 e. The molecule has 3 nitrogen and oxygen atoms in total. The molecule has 1 aromatic carbocycles. The molecule has 7 heteroatoms. The fourth-order valence-electron chi connectivity index (χ4n) is 1.28. The average molecular weight is 292 g/mol. The molecule has 0 heterocycles. The lowest BCUT2D eigenvalue weighted by Crippen LogP contribution is -2.30. The lowest BCUT2D eigenvalue weighted by molar-refractivity contribution is -0.115. The van der Waals surface area contributed by atoms with Gasteiger partial charge in [-0.15, -0.1) is 0 Å². The summed E-state index contributed by atoms with van der Waals surface area (Å²) in [6, 6.07) is 7.27. The number of hydrogen-bond donors (Lipinski definition) is 2. The zero-order chi connectivity index (χ0) is 14.3. The van der Waals surface area contributed by atoms with Crippen molar-refractivity contribution < 1.29 is 18.0 Å². The van der Waals surface area contributed by atoms with Crippen molar-refractivity contribution in [3.8, 4) is 0 Å². The Labute approximate surface area is 114 Å². The number of carbonyl (C=O) groups excluding carboxylic acids is 1. The fraction of sp³-hybridized carbons (Fsp3) is 0.417. The average Bonchev–Trinajstić information content (AvgIpc) is 2.30. The lowest BCUT2D eigenvalue weighted by Gasteiger charge is -2.08. The molecule has 0 radical (unpaired) electrons. The fourth-order valence-corrected chi connectivity index (χ4v) is 1.76. The first-order valence-corrected chi connectivity index (χ1v) is 6.63. The first kappa shape index (κ1) is 15.8. The second-order valence-electron chi connectivity index (χ2n) is 3.89. The van der Waals surface area contributed by atoms with Gasteiger partial charge in [-0.05, 0) is 30.8 Å². The van der Waals surface area contributed by atoms with E-state index in [4.69, 9.17) is 0 Å². The van der Waals surface area contributed by atoms with Gasteiger partial charge in [-0.3, -0.25) is 4.79 Å². The van der Waals surface area contributed by atoms with Gasteiger partial charge in [0.2, 0.25) is 5.91 Å². The van der Waals surface area contributed by atoms with Crippen LogP contribution in [-0.2, 0) is 4.79 Å².